The Morgan fingerprint density at radius 2 is 1.28 bits per heavy atom. The van der Waals surface area contributed by atoms with Gasteiger partial charge in [-0.15, -0.1) is 0 Å². The second kappa shape index (κ2) is 5.34. The van der Waals surface area contributed by atoms with E-state index < -0.39 is 11.7 Å². The molecule has 0 unspecified atom stereocenters. The van der Waals surface area contributed by atoms with E-state index in [0.717, 1.165) is 11.1 Å². The summed E-state index contributed by atoms with van der Waals surface area (Å²) in [7, 11) is 1.63. The molecule has 2 aromatic carbocycles. The fourth-order valence-corrected chi connectivity index (χ4v) is 2.43. The summed E-state index contributed by atoms with van der Waals surface area (Å²) < 4.78 is 5.72. The molecule has 0 spiro atoms. The molecule has 1 N–H and O–H groups in total. The number of aliphatic hydroxyl groups excluding tert-OH is 1. The zero-order chi connectivity index (χ0) is 13.0. The number of hydrogen-bond acceptors (Lipinski definition) is 2. The number of hydrogen-bond donors (Lipinski definition) is 1. The first kappa shape index (κ1) is 12.8. The fraction of sp³-hybridized carbons (Fsp3) is 0.250. The summed E-state index contributed by atoms with van der Waals surface area (Å²) in [5.74, 6) is 0. The van der Waals surface area contributed by atoms with Crippen LogP contribution >= 0.6 is 0 Å². The Balaban J connectivity index is 2.61. The lowest BCUT2D eigenvalue weighted by Crippen LogP contribution is -2.40. The highest BCUT2D eigenvalue weighted by Crippen LogP contribution is 2.36. The van der Waals surface area contributed by atoms with Crippen LogP contribution in [-0.2, 0) is 10.3 Å². The normalized spacial score (nSPS) is 13.3. The van der Waals surface area contributed by atoms with Crippen LogP contribution in [0, 0.1) is 0 Å². The van der Waals surface area contributed by atoms with Crippen molar-refractivity contribution in [3.05, 3.63) is 71.8 Å². The topological polar surface area (TPSA) is 29.5 Å². The van der Waals surface area contributed by atoms with E-state index in [-0.39, 0.29) is 0 Å². The molecule has 0 aliphatic carbocycles. The Bertz CT molecular complexity index is 437. The van der Waals surface area contributed by atoms with Crippen LogP contribution in [0.2, 0.25) is 0 Å². The van der Waals surface area contributed by atoms with Crippen molar-refractivity contribution >= 4 is 0 Å². The molecule has 0 radical (unpaired) electrons. The highest BCUT2D eigenvalue weighted by molar-refractivity contribution is 5.37. The van der Waals surface area contributed by atoms with Crippen molar-refractivity contribution in [1.82, 2.24) is 0 Å². The molecule has 0 aliphatic heterocycles. The molecule has 0 aliphatic rings. The SMILES string of the molecule is COC(c1ccccc1)(c1ccccc1)[C@@H](C)O. The van der Waals surface area contributed by atoms with Gasteiger partial charge >= 0.3 is 0 Å². The minimum Gasteiger partial charge on any atom is -0.390 e. The Labute approximate surface area is 108 Å². The van der Waals surface area contributed by atoms with Gasteiger partial charge in [0.15, 0.2) is 0 Å². The lowest BCUT2D eigenvalue weighted by molar-refractivity contribution is -0.0710. The first-order chi connectivity index (χ1) is 8.71. The first-order valence-corrected chi connectivity index (χ1v) is 6.06. The van der Waals surface area contributed by atoms with Gasteiger partial charge in [-0.1, -0.05) is 60.7 Å². The van der Waals surface area contributed by atoms with E-state index in [4.69, 9.17) is 4.74 Å². The van der Waals surface area contributed by atoms with Crippen molar-refractivity contribution in [1.29, 1.82) is 0 Å². The third kappa shape index (κ3) is 2.05. The zero-order valence-corrected chi connectivity index (χ0v) is 10.7. The molecular formula is C16H18O2. The molecular weight excluding hydrogens is 224 g/mol. The van der Waals surface area contributed by atoms with Gasteiger partial charge in [0.1, 0.15) is 5.60 Å². The van der Waals surface area contributed by atoms with Crippen LogP contribution in [0.1, 0.15) is 18.1 Å². The van der Waals surface area contributed by atoms with E-state index >= 15 is 0 Å². The quantitative estimate of drug-likeness (QED) is 0.893. The Hall–Kier alpha value is -1.64. The Morgan fingerprint density at radius 1 is 0.889 bits per heavy atom. The van der Waals surface area contributed by atoms with Gasteiger partial charge in [0.25, 0.3) is 0 Å². The molecule has 0 heterocycles. The summed E-state index contributed by atoms with van der Waals surface area (Å²) in [4.78, 5) is 0. The van der Waals surface area contributed by atoms with Gasteiger partial charge in [-0.3, -0.25) is 0 Å². The summed E-state index contributed by atoms with van der Waals surface area (Å²) in [6.45, 7) is 1.75. The van der Waals surface area contributed by atoms with Crippen molar-refractivity contribution in [2.75, 3.05) is 7.11 Å². The maximum absolute atomic E-state index is 10.2. The van der Waals surface area contributed by atoms with Crippen molar-refractivity contribution in [3.8, 4) is 0 Å². The number of benzene rings is 2. The minimum absolute atomic E-state index is 0.646. The highest BCUT2D eigenvalue weighted by Gasteiger charge is 2.39. The second-order valence-electron chi connectivity index (χ2n) is 4.35. The lowest BCUT2D eigenvalue weighted by atomic mass is 9.82. The van der Waals surface area contributed by atoms with Crippen LogP contribution < -0.4 is 0 Å². The predicted molar refractivity (Wildman–Crippen MR) is 72.4 cm³/mol. The maximum Gasteiger partial charge on any atom is 0.143 e. The Kier molecular flexibility index (Phi) is 3.80. The molecule has 2 rings (SSSR count). The van der Waals surface area contributed by atoms with Gasteiger partial charge in [-0.05, 0) is 18.1 Å². The lowest BCUT2D eigenvalue weighted by Gasteiger charge is -2.36. The van der Waals surface area contributed by atoms with E-state index in [0.29, 0.717) is 0 Å². The standard InChI is InChI=1S/C16H18O2/c1-13(17)16(18-2,14-9-5-3-6-10-14)15-11-7-4-8-12-15/h3-13,17H,1-2H3/t13-/m1/s1. The molecule has 0 bridgehead atoms. The second-order valence-corrected chi connectivity index (χ2v) is 4.35. The van der Waals surface area contributed by atoms with E-state index in [1.165, 1.54) is 0 Å². The first-order valence-electron chi connectivity index (χ1n) is 6.06. The number of rotatable bonds is 4. The number of ether oxygens (including phenoxy) is 1. The molecule has 2 heteroatoms. The summed E-state index contributed by atoms with van der Waals surface area (Å²) in [6.07, 6.45) is -0.646. The van der Waals surface area contributed by atoms with E-state index in [1.807, 2.05) is 60.7 Å². The van der Waals surface area contributed by atoms with Gasteiger partial charge in [-0.2, -0.15) is 0 Å². The smallest absolute Gasteiger partial charge is 0.143 e. The maximum atomic E-state index is 10.2. The monoisotopic (exact) mass is 242 g/mol. The molecule has 0 amide bonds. The molecule has 0 fully saturated rings. The van der Waals surface area contributed by atoms with Crippen molar-refractivity contribution in [3.63, 3.8) is 0 Å². The van der Waals surface area contributed by atoms with Gasteiger partial charge in [0.2, 0.25) is 0 Å². The van der Waals surface area contributed by atoms with Gasteiger partial charge < -0.3 is 9.84 Å². The number of methoxy groups -OCH3 is 1. The summed E-state index contributed by atoms with van der Waals surface area (Å²) in [5, 5.41) is 10.2. The van der Waals surface area contributed by atoms with Crippen molar-refractivity contribution in [2.45, 2.75) is 18.6 Å². The summed E-state index contributed by atoms with van der Waals surface area (Å²) >= 11 is 0. The van der Waals surface area contributed by atoms with Crippen molar-refractivity contribution in [2.24, 2.45) is 0 Å². The molecule has 94 valence electrons. The average Bonchev–Trinajstić information content (AvgIpc) is 2.42. The predicted octanol–water partition coefficient (Wildman–Crippen LogP) is 2.96. The molecule has 2 nitrogen and oxygen atoms in total. The van der Waals surface area contributed by atoms with Crippen LogP contribution in [0.3, 0.4) is 0 Å². The largest absolute Gasteiger partial charge is 0.390 e. The van der Waals surface area contributed by atoms with Crippen LogP contribution in [0.25, 0.3) is 0 Å². The van der Waals surface area contributed by atoms with Crippen LogP contribution in [0.15, 0.2) is 60.7 Å². The summed E-state index contributed by atoms with van der Waals surface area (Å²) in [5.41, 5.74) is 1.09. The third-order valence-corrected chi connectivity index (χ3v) is 3.32. The van der Waals surface area contributed by atoms with E-state index in [9.17, 15) is 5.11 Å². The van der Waals surface area contributed by atoms with E-state index in [2.05, 4.69) is 0 Å². The zero-order valence-electron chi connectivity index (χ0n) is 10.7. The van der Waals surface area contributed by atoms with E-state index in [1.54, 1.807) is 14.0 Å². The third-order valence-electron chi connectivity index (χ3n) is 3.32. The Morgan fingerprint density at radius 3 is 1.56 bits per heavy atom. The fourth-order valence-electron chi connectivity index (χ4n) is 2.43. The van der Waals surface area contributed by atoms with Crippen LogP contribution in [-0.4, -0.2) is 18.3 Å². The van der Waals surface area contributed by atoms with Crippen LogP contribution in [0.4, 0.5) is 0 Å². The molecule has 0 saturated heterocycles. The van der Waals surface area contributed by atoms with Crippen molar-refractivity contribution < 1.29 is 9.84 Å². The van der Waals surface area contributed by atoms with Gasteiger partial charge in [-0.25, -0.2) is 0 Å². The summed E-state index contributed by atoms with van der Waals surface area (Å²) in [6, 6.07) is 19.6. The van der Waals surface area contributed by atoms with Gasteiger partial charge in [0.05, 0.1) is 6.10 Å². The van der Waals surface area contributed by atoms with Gasteiger partial charge in [0, 0.05) is 7.11 Å². The molecule has 2 aromatic rings. The number of aliphatic hydroxyl groups is 1. The minimum atomic E-state index is -0.817. The molecule has 0 aromatic heterocycles. The highest BCUT2D eigenvalue weighted by atomic mass is 16.5. The molecule has 18 heavy (non-hydrogen) atoms. The average molecular weight is 242 g/mol. The van der Waals surface area contributed by atoms with Crippen LogP contribution in [0.5, 0.6) is 0 Å². The molecule has 0 saturated carbocycles. The molecule has 1 atom stereocenters.